The Hall–Kier alpha value is -3.31. The molecular weight excluding hydrogens is 416 g/mol. The third-order valence-corrected chi connectivity index (χ3v) is 7.43. The van der Waals surface area contributed by atoms with Crippen LogP contribution >= 0.6 is 0 Å². The van der Waals surface area contributed by atoms with Gasteiger partial charge in [0.15, 0.2) is 17.0 Å². The summed E-state index contributed by atoms with van der Waals surface area (Å²) < 4.78 is 31.0. The molecular formula is C20H22N8O2S. The Balaban J connectivity index is 1.43. The van der Waals surface area contributed by atoms with E-state index in [1.54, 1.807) is 35.1 Å². The van der Waals surface area contributed by atoms with E-state index in [0.717, 1.165) is 17.0 Å². The molecule has 0 bridgehead atoms. The van der Waals surface area contributed by atoms with Crippen molar-refractivity contribution < 1.29 is 8.42 Å². The molecule has 4 heterocycles. The van der Waals surface area contributed by atoms with Crippen molar-refractivity contribution in [1.29, 1.82) is 0 Å². The Labute approximate surface area is 179 Å². The van der Waals surface area contributed by atoms with Crippen LogP contribution in [-0.2, 0) is 24.1 Å². The number of anilines is 1. The lowest BCUT2D eigenvalue weighted by Crippen LogP contribution is -2.49. The van der Waals surface area contributed by atoms with E-state index in [1.165, 1.54) is 10.6 Å². The number of aryl methyl sites for hydroxylation is 2. The minimum Gasteiger partial charge on any atom is -0.352 e. The first-order chi connectivity index (χ1) is 14.9. The van der Waals surface area contributed by atoms with E-state index >= 15 is 0 Å². The molecule has 0 amide bonds. The first kappa shape index (κ1) is 19.6. The second kappa shape index (κ2) is 7.43. The molecule has 1 saturated heterocycles. The number of imidazole rings is 1. The van der Waals surface area contributed by atoms with Gasteiger partial charge in [0.2, 0.25) is 10.0 Å². The van der Waals surface area contributed by atoms with Gasteiger partial charge in [-0.05, 0) is 12.1 Å². The maximum Gasteiger partial charge on any atom is 0.243 e. The molecule has 11 heteroatoms. The van der Waals surface area contributed by atoms with Crippen LogP contribution < -0.4 is 4.90 Å². The number of sulfonamides is 1. The highest BCUT2D eigenvalue weighted by atomic mass is 32.2. The topological polar surface area (TPSA) is 102 Å². The van der Waals surface area contributed by atoms with Gasteiger partial charge in [-0.15, -0.1) is 0 Å². The molecule has 0 saturated carbocycles. The standard InChI is InChI=1S/C20H22N8O2S/c1-25-13-15(12-23-25)18-24-17-19(26(18)2)21-14-22-20(17)27-8-10-28(11-9-27)31(29,30)16-6-4-3-5-7-16/h3-7,12-14H,8-11H2,1-2H3. The van der Waals surface area contributed by atoms with Crippen molar-refractivity contribution in [2.24, 2.45) is 14.1 Å². The highest BCUT2D eigenvalue weighted by Crippen LogP contribution is 2.28. The SMILES string of the molecule is Cn1cc(-c2nc3c(N4CCN(S(=O)(=O)c5ccccc5)CC4)ncnc3n2C)cn1. The van der Waals surface area contributed by atoms with Crippen LogP contribution in [0.5, 0.6) is 0 Å². The average Bonchev–Trinajstić information content (AvgIpc) is 3.37. The summed E-state index contributed by atoms with van der Waals surface area (Å²) >= 11 is 0. The van der Waals surface area contributed by atoms with Gasteiger partial charge in [-0.25, -0.2) is 23.4 Å². The number of benzene rings is 1. The Morgan fingerprint density at radius 2 is 1.71 bits per heavy atom. The minimum absolute atomic E-state index is 0.318. The molecule has 0 atom stereocenters. The molecule has 0 spiro atoms. The molecule has 0 N–H and O–H groups in total. The van der Waals surface area contributed by atoms with Gasteiger partial charge in [-0.2, -0.15) is 9.40 Å². The molecule has 1 aliphatic rings. The third kappa shape index (κ3) is 3.35. The number of piperazine rings is 1. The van der Waals surface area contributed by atoms with E-state index in [1.807, 2.05) is 30.9 Å². The summed E-state index contributed by atoms with van der Waals surface area (Å²) in [4.78, 5) is 16.1. The molecule has 0 radical (unpaired) electrons. The summed E-state index contributed by atoms with van der Waals surface area (Å²) in [6, 6.07) is 8.54. The summed E-state index contributed by atoms with van der Waals surface area (Å²) in [6.07, 6.45) is 5.20. The quantitative estimate of drug-likeness (QED) is 0.473. The van der Waals surface area contributed by atoms with Gasteiger partial charge in [0, 0.05) is 46.5 Å². The van der Waals surface area contributed by atoms with Gasteiger partial charge < -0.3 is 9.47 Å². The molecule has 5 rings (SSSR count). The van der Waals surface area contributed by atoms with Crippen LogP contribution in [0.15, 0.2) is 53.9 Å². The molecule has 10 nitrogen and oxygen atoms in total. The van der Waals surface area contributed by atoms with Crippen LogP contribution in [0.4, 0.5) is 5.82 Å². The third-order valence-electron chi connectivity index (χ3n) is 5.52. The van der Waals surface area contributed by atoms with Crippen LogP contribution in [0.25, 0.3) is 22.6 Å². The Bertz CT molecular complexity index is 1340. The number of aromatic nitrogens is 6. The highest BCUT2D eigenvalue weighted by Gasteiger charge is 2.30. The predicted octanol–water partition coefficient (Wildman–Crippen LogP) is 1.27. The van der Waals surface area contributed by atoms with Crippen molar-refractivity contribution in [3.63, 3.8) is 0 Å². The molecule has 3 aromatic heterocycles. The summed E-state index contributed by atoms with van der Waals surface area (Å²) in [5.74, 6) is 1.47. The second-order valence-electron chi connectivity index (χ2n) is 7.47. The van der Waals surface area contributed by atoms with Crippen LogP contribution in [-0.4, -0.2) is 68.2 Å². The van der Waals surface area contributed by atoms with E-state index < -0.39 is 10.0 Å². The smallest absolute Gasteiger partial charge is 0.243 e. The first-order valence-corrected chi connectivity index (χ1v) is 11.4. The Morgan fingerprint density at radius 3 is 2.39 bits per heavy atom. The lowest BCUT2D eigenvalue weighted by Gasteiger charge is -2.34. The van der Waals surface area contributed by atoms with E-state index in [4.69, 9.17) is 4.98 Å². The number of rotatable bonds is 4. The zero-order valence-corrected chi connectivity index (χ0v) is 18.1. The Kier molecular flexibility index (Phi) is 4.71. The molecule has 31 heavy (non-hydrogen) atoms. The average molecular weight is 439 g/mol. The van der Waals surface area contributed by atoms with Crippen molar-refractivity contribution in [2.45, 2.75) is 4.90 Å². The van der Waals surface area contributed by atoms with Crippen LogP contribution in [0, 0.1) is 0 Å². The maximum absolute atomic E-state index is 12.9. The minimum atomic E-state index is -3.50. The zero-order chi connectivity index (χ0) is 21.6. The van der Waals surface area contributed by atoms with Crippen molar-refractivity contribution in [3.8, 4) is 11.4 Å². The number of fused-ring (bicyclic) bond motifs is 1. The normalized spacial score (nSPS) is 15.6. The highest BCUT2D eigenvalue weighted by molar-refractivity contribution is 7.89. The van der Waals surface area contributed by atoms with Crippen molar-refractivity contribution >= 4 is 27.0 Å². The van der Waals surface area contributed by atoms with Gasteiger partial charge in [0.25, 0.3) is 0 Å². The fraction of sp³-hybridized carbons (Fsp3) is 0.300. The molecule has 4 aromatic rings. The van der Waals surface area contributed by atoms with E-state index in [9.17, 15) is 8.42 Å². The summed E-state index contributed by atoms with van der Waals surface area (Å²) in [7, 11) is 0.275. The fourth-order valence-electron chi connectivity index (χ4n) is 3.90. The van der Waals surface area contributed by atoms with Gasteiger partial charge >= 0.3 is 0 Å². The molecule has 0 unspecified atom stereocenters. The van der Waals surface area contributed by atoms with E-state index in [0.29, 0.717) is 42.4 Å². The lowest BCUT2D eigenvalue weighted by atomic mass is 10.3. The zero-order valence-electron chi connectivity index (χ0n) is 17.2. The molecule has 160 valence electrons. The number of hydrogen-bond donors (Lipinski definition) is 0. The molecule has 1 fully saturated rings. The summed E-state index contributed by atoms with van der Waals surface area (Å²) in [6.45, 7) is 1.81. The van der Waals surface area contributed by atoms with E-state index in [2.05, 4.69) is 20.0 Å². The summed E-state index contributed by atoms with van der Waals surface area (Å²) in [5.41, 5.74) is 2.32. The first-order valence-electron chi connectivity index (χ1n) is 9.92. The monoisotopic (exact) mass is 438 g/mol. The van der Waals surface area contributed by atoms with Gasteiger partial charge in [0.05, 0.1) is 16.7 Å². The Morgan fingerprint density at radius 1 is 0.968 bits per heavy atom. The van der Waals surface area contributed by atoms with Crippen LogP contribution in [0.1, 0.15) is 0 Å². The number of nitrogens with zero attached hydrogens (tertiary/aromatic N) is 8. The van der Waals surface area contributed by atoms with Crippen molar-refractivity contribution in [2.75, 3.05) is 31.1 Å². The largest absolute Gasteiger partial charge is 0.352 e. The van der Waals surface area contributed by atoms with Crippen molar-refractivity contribution in [1.82, 2.24) is 33.6 Å². The second-order valence-corrected chi connectivity index (χ2v) is 9.41. The molecule has 1 aromatic carbocycles. The number of hydrogen-bond acceptors (Lipinski definition) is 7. The molecule has 0 aliphatic carbocycles. The van der Waals surface area contributed by atoms with Gasteiger partial charge in [-0.1, -0.05) is 18.2 Å². The van der Waals surface area contributed by atoms with E-state index in [-0.39, 0.29) is 0 Å². The summed E-state index contributed by atoms with van der Waals surface area (Å²) in [5, 5.41) is 4.23. The maximum atomic E-state index is 12.9. The predicted molar refractivity (Wildman–Crippen MR) is 116 cm³/mol. The van der Waals surface area contributed by atoms with Crippen LogP contribution in [0.2, 0.25) is 0 Å². The fourth-order valence-corrected chi connectivity index (χ4v) is 5.34. The lowest BCUT2D eigenvalue weighted by molar-refractivity contribution is 0.384. The molecule has 1 aliphatic heterocycles. The van der Waals surface area contributed by atoms with Gasteiger partial charge in [-0.3, -0.25) is 4.68 Å². The van der Waals surface area contributed by atoms with Gasteiger partial charge in [0.1, 0.15) is 12.2 Å². The van der Waals surface area contributed by atoms with Crippen LogP contribution in [0.3, 0.4) is 0 Å². The van der Waals surface area contributed by atoms with Crippen molar-refractivity contribution in [3.05, 3.63) is 49.1 Å².